The maximum Gasteiger partial charge on any atom is 0.0540 e. The lowest BCUT2D eigenvalue weighted by Gasteiger charge is -2.30. The Morgan fingerprint density at radius 2 is 1.04 bits per heavy atom. The fourth-order valence-corrected chi connectivity index (χ4v) is 9.31. The summed E-state index contributed by atoms with van der Waals surface area (Å²) in [4.78, 5) is 2.47. The number of rotatable bonds is 5. The monoisotopic (exact) mass is 669 g/mol. The Labute approximate surface area is 302 Å². The highest BCUT2D eigenvalue weighted by Crippen LogP contribution is 2.52. The maximum absolute atomic E-state index is 2.47. The number of fused-ring (bicyclic) bond motifs is 7. The first-order valence-electron chi connectivity index (χ1n) is 17.7. The number of hydrogen-bond donors (Lipinski definition) is 0. The van der Waals surface area contributed by atoms with Crippen molar-refractivity contribution in [3.8, 4) is 33.4 Å². The average molecular weight is 670 g/mol. The van der Waals surface area contributed by atoms with Crippen LogP contribution in [0.15, 0.2) is 176 Å². The van der Waals surface area contributed by atoms with Gasteiger partial charge in [0.25, 0.3) is 0 Å². The number of nitrogens with zero attached hydrogens (tertiary/aromatic N) is 1. The summed E-state index contributed by atoms with van der Waals surface area (Å²) in [5.41, 5.74) is 13.6. The van der Waals surface area contributed by atoms with Gasteiger partial charge in [-0.1, -0.05) is 135 Å². The third-order valence-corrected chi connectivity index (χ3v) is 12.0. The molecule has 0 saturated heterocycles. The first kappa shape index (κ1) is 29.9. The zero-order valence-electron chi connectivity index (χ0n) is 28.6. The molecule has 51 heavy (non-hydrogen) atoms. The summed E-state index contributed by atoms with van der Waals surface area (Å²) >= 11 is 1.86. The van der Waals surface area contributed by atoms with Crippen molar-refractivity contribution in [3.05, 3.63) is 187 Å². The van der Waals surface area contributed by atoms with Gasteiger partial charge >= 0.3 is 0 Å². The molecule has 1 heterocycles. The normalized spacial score (nSPS) is 13.1. The molecule has 1 nitrogen and oxygen atoms in total. The van der Waals surface area contributed by atoms with Gasteiger partial charge in [-0.15, -0.1) is 11.3 Å². The standard InChI is InChI=1S/C49H35NS/c1-49(2)44-29-36(35-21-20-32-12-6-7-15-34(32)28-35)22-25-40(44)41-26-23-38(31-45(41)49)50(46-18-10-8-16-39(46)33-13-4-3-5-14-33)37-24-27-48-43(30-37)42-17-9-11-19-47(42)51-48/h3-31H,1-2H3. The number of benzene rings is 8. The van der Waals surface area contributed by atoms with E-state index in [1.165, 1.54) is 75.5 Å². The van der Waals surface area contributed by atoms with Gasteiger partial charge in [0.05, 0.1) is 5.69 Å². The molecule has 1 aromatic heterocycles. The fourth-order valence-electron chi connectivity index (χ4n) is 8.22. The van der Waals surface area contributed by atoms with Gasteiger partial charge in [-0.25, -0.2) is 0 Å². The van der Waals surface area contributed by atoms with Crippen LogP contribution in [0.3, 0.4) is 0 Å². The lowest BCUT2D eigenvalue weighted by atomic mass is 9.81. The summed E-state index contributed by atoms with van der Waals surface area (Å²) in [7, 11) is 0. The van der Waals surface area contributed by atoms with Gasteiger partial charge < -0.3 is 4.90 Å². The third kappa shape index (κ3) is 4.82. The van der Waals surface area contributed by atoms with E-state index in [2.05, 4.69) is 195 Å². The number of hydrogen-bond acceptors (Lipinski definition) is 2. The molecule has 242 valence electrons. The molecule has 10 rings (SSSR count). The molecule has 1 aliphatic rings. The van der Waals surface area contributed by atoms with E-state index in [-0.39, 0.29) is 5.41 Å². The van der Waals surface area contributed by atoms with Crippen LogP contribution in [0.4, 0.5) is 17.1 Å². The van der Waals surface area contributed by atoms with Crippen LogP contribution in [-0.4, -0.2) is 0 Å². The van der Waals surface area contributed by atoms with Crippen molar-refractivity contribution in [2.24, 2.45) is 0 Å². The smallest absolute Gasteiger partial charge is 0.0540 e. The molecule has 0 amide bonds. The molecule has 2 heteroatoms. The summed E-state index contributed by atoms with van der Waals surface area (Å²) in [6.45, 7) is 4.77. The van der Waals surface area contributed by atoms with E-state index >= 15 is 0 Å². The third-order valence-electron chi connectivity index (χ3n) is 10.8. The molecule has 0 fully saturated rings. The van der Waals surface area contributed by atoms with Crippen molar-refractivity contribution in [2.45, 2.75) is 19.3 Å². The lowest BCUT2D eigenvalue weighted by Crippen LogP contribution is -2.17. The van der Waals surface area contributed by atoms with Crippen molar-refractivity contribution in [1.29, 1.82) is 0 Å². The van der Waals surface area contributed by atoms with Gasteiger partial charge in [0, 0.05) is 42.5 Å². The van der Waals surface area contributed by atoms with Crippen LogP contribution in [0.25, 0.3) is 64.3 Å². The first-order valence-corrected chi connectivity index (χ1v) is 18.5. The predicted octanol–water partition coefficient (Wildman–Crippen LogP) is 14.3. The lowest BCUT2D eigenvalue weighted by molar-refractivity contribution is 0.660. The Morgan fingerprint density at radius 3 is 1.92 bits per heavy atom. The molecular weight excluding hydrogens is 635 g/mol. The Hall–Kier alpha value is -5.96. The van der Waals surface area contributed by atoms with Gasteiger partial charge in [0.2, 0.25) is 0 Å². The molecule has 0 atom stereocenters. The van der Waals surface area contributed by atoms with E-state index in [9.17, 15) is 0 Å². The van der Waals surface area contributed by atoms with Gasteiger partial charge in [0.15, 0.2) is 0 Å². The van der Waals surface area contributed by atoms with Crippen molar-refractivity contribution < 1.29 is 0 Å². The molecule has 0 bridgehead atoms. The molecule has 0 saturated carbocycles. The van der Waals surface area contributed by atoms with Crippen LogP contribution < -0.4 is 4.90 Å². The molecule has 0 aliphatic heterocycles. The summed E-state index contributed by atoms with van der Waals surface area (Å²) < 4.78 is 2.63. The zero-order chi connectivity index (χ0) is 34.1. The van der Waals surface area contributed by atoms with E-state index in [0.29, 0.717) is 0 Å². The molecule has 1 aliphatic carbocycles. The zero-order valence-corrected chi connectivity index (χ0v) is 29.4. The Kier molecular flexibility index (Phi) is 6.78. The highest BCUT2D eigenvalue weighted by molar-refractivity contribution is 7.25. The highest BCUT2D eigenvalue weighted by atomic mass is 32.1. The van der Waals surface area contributed by atoms with Crippen molar-refractivity contribution in [2.75, 3.05) is 4.90 Å². The number of thiophene rings is 1. The van der Waals surface area contributed by atoms with Crippen molar-refractivity contribution in [3.63, 3.8) is 0 Å². The molecule has 9 aromatic rings. The van der Waals surface area contributed by atoms with E-state index < -0.39 is 0 Å². The van der Waals surface area contributed by atoms with Crippen LogP contribution in [0.1, 0.15) is 25.0 Å². The van der Waals surface area contributed by atoms with Crippen molar-refractivity contribution in [1.82, 2.24) is 0 Å². The van der Waals surface area contributed by atoms with Gasteiger partial charge in [-0.2, -0.15) is 0 Å². The highest BCUT2D eigenvalue weighted by Gasteiger charge is 2.36. The topological polar surface area (TPSA) is 3.24 Å². The summed E-state index contributed by atoms with van der Waals surface area (Å²) in [5, 5.41) is 5.15. The summed E-state index contributed by atoms with van der Waals surface area (Å²) in [5.74, 6) is 0. The van der Waals surface area contributed by atoms with Gasteiger partial charge in [-0.05, 0) is 104 Å². The largest absolute Gasteiger partial charge is 0.310 e. The van der Waals surface area contributed by atoms with E-state index in [1.807, 2.05) is 11.3 Å². The second-order valence-electron chi connectivity index (χ2n) is 14.2. The van der Waals surface area contributed by atoms with Crippen LogP contribution in [0.2, 0.25) is 0 Å². The quantitative estimate of drug-likeness (QED) is 0.176. The number of anilines is 3. The van der Waals surface area contributed by atoms with Crippen LogP contribution in [0, 0.1) is 0 Å². The molecule has 0 radical (unpaired) electrons. The molecular formula is C49H35NS. The minimum Gasteiger partial charge on any atom is -0.310 e. The average Bonchev–Trinajstić information content (AvgIpc) is 3.66. The second kappa shape index (κ2) is 11.6. The summed E-state index contributed by atoms with van der Waals surface area (Å²) in [6.07, 6.45) is 0. The van der Waals surface area contributed by atoms with Gasteiger partial charge in [0.1, 0.15) is 0 Å². The molecule has 0 spiro atoms. The number of para-hydroxylation sites is 1. The van der Waals surface area contributed by atoms with E-state index in [4.69, 9.17) is 0 Å². The Balaban J connectivity index is 1.14. The SMILES string of the molecule is CC1(C)c2cc(-c3ccc4ccccc4c3)ccc2-c2ccc(N(c3ccc4sc5ccccc5c4c3)c3ccccc3-c3ccccc3)cc21. The Bertz CT molecular complexity index is 2790. The van der Waals surface area contributed by atoms with E-state index in [1.54, 1.807) is 0 Å². The molecule has 0 N–H and O–H groups in total. The Morgan fingerprint density at radius 1 is 0.412 bits per heavy atom. The van der Waals surface area contributed by atoms with Crippen LogP contribution in [0.5, 0.6) is 0 Å². The van der Waals surface area contributed by atoms with Crippen LogP contribution >= 0.6 is 11.3 Å². The second-order valence-corrected chi connectivity index (χ2v) is 15.3. The van der Waals surface area contributed by atoms with E-state index in [0.717, 1.165) is 17.1 Å². The first-order chi connectivity index (χ1) is 25.0. The molecule has 0 unspecified atom stereocenters. The minimum atomic E-state index is -0.175. The maximum atomic E-state index is 2.47. The van der Waals surface area contributed by atoms with Gasteiger partial charge in [-0.3, -0.25) is 0 Å². The minimum absolute atomic E-state index is 0.175. The summed E-state index contributed by atoms with van der Waals surface area (Å²) in [6, 6.07) is 64.9. The van der Waals surface area contributed by atoms with Crippen molar-refractivity contribution >= 4 is 59.3 Å². The fraction of sp³-hybridized carbons (Fsp3) is 0.0612. The molecule has 8 aromatic carbocycles. The van der Waals surface area contributed by atoms with Crippen LogP contribution in [-0.2, 0) is 5.41 Å². The predicted molar refractivity (Wildman–Crippen MR) is 220 cm³/mol.